The molecule has 3 amide bonds. The third kappa shape index (κ3) is 4.55. The summed E-state index contributed by atoms with van der Waals surface area (Å²) in [4.78, 5) is 39.2. The molecule has 3 aromatic rings. The van der Waals surface area contributed by atoms with Crippen LogP contribution in [-0.2, 0) is 11.3 Å². The van der Waals surface area contributed by atoms with E-state index in [0.717, 1.165) is 10.9 Å². The van der Waals surface area contributed by atoms with Crippen molar-refractivity contribution >= 4 is 40.0 Å². The predicted molar refractivity (Wildman–Crippen MR) is 125 cm³/mol. The zero-order valence-corrected chi connectivity index (χ0v) is 18.0. The fourth-order valence-corrected chi connectivity index (χ4v) is 3.64. The van der Waals surface area contributed by atoms with Gasteiger partial charge in [0.15, 0.2) is 0 Å². The number of fused-ring (bicyclic) bond motifs is 3. The number of anilines is 2. The lowest BCUT2D eigenvalue weighted by Crippen LogP contribution is -2.34. The number of carbonyl (C=O) groups excluding carboxylic acids is 3. The van der Waals surface area contributed by atoms with Crippen molar-refractivity contribution in [2.45, 2.75) is 6.54 Å². The van der Waals surface area contributed by atoms with E-state index in [0.29, 0.717) is 42.3 Å². The molecule has 0 aliphatic carbocycles. The molecule has 2 aromatic carbocycles. The van der Waals surface area contributed by atoms with Crippen molar-refractivity contribution in [3.63, 3.8) is 0 Å². The van der Waals surface area contributed by atoms with Gasteiger partial charge in [-0.05, 0) is 44.4 Å². The summed E-state index contributed by atoms with van der Waals surface area (Å²) in [6.45, 7) is 1.87. The SMILES string of the molecule is CN(C)CC=CC(=O)Nc1ccccc1NC(=O)c1ccc2cc3n(c2c1)CCNC3=O. The summed E-state index contributed by atoms with van der Waals surface area (Å²) in [5.41, 5.74) is 2.92. The minimum atomic E-state index is -0.299. The first-order valence-corrected chi connectivity index (χ1v) is 10.4. The molecule has 8 nitrogen and oxygen atoms in total. The number of carbonyl (C=O) groups is 3. The first-order chi connectivity index (χ1) is 15.4. The molecule has 0 radical (unpaired) electrons. The summed E-state index contributed by atoms with van der Waals surface area (Å²) in [5.74, 6) is -0.677. The molecule has 4 rings (SSSR count). The predicted octanol–water partition coefficient (Wildman–Crippen LogP) is 2.69. The zero-order valence-electron chi connectivity index (χ0n) is 18.0. The maximum atomic E-state index is 13.0. The molecule has 3 N–H and O–H groups in total. The number of para-hydroxylation sites is 2. The highest BCUT2D eigenvalue weighted by Gasteiger charge is 2.20. The van der Waals surface area contributed by atoms with Gasteiger partial charge in [0.25, 0.3) is 11.8 Å². The molecule has 164 valence electrons. The Bertz CT molecular complexity index is 1230. The van der Waals surface area contributed by atoms with Gasteiger partial charge in [-0.25, -0.2) is 0 Å². The van der Waals surface area contributed by atoms with Crippen molar-refractivity contribution in [1.29, 1.82) is 0 Å². The topological polar surface area (TPSA) is 95.5 Å². The Hall–Kier alpha value is -3.91. The largest absolute Gasteiger partial charge is 0.349 e. The Morgan fingerprint density at radius 2 is 1.84 bits per heavy atom. The minimum absolute atomic E-state index is 0.109. The quantitative estimate of drug-likeness (QED) is 0.523. The van der Waals surface area contributed by atoms with Gasteiger partial charge in [-0.3, -0.25) is 14.4 Å². The van der Waals surface area contributed by atoms with Crippen molar-refractivity contribution in [3.05, 3.63) is 71.9 Å². The highest BCUT2D eigenvalue weighted by molar-refractivity contribution is 6.10. The highest BCUT2D eigenvalue weighted by atomic mass is 16.2. The fraction of sp³-hybridized carbons (Fsp3) is 0.208. The summed E-state index contributed by atoms with van der Waals surface area (Å²) in [5, 5.41) is 9.42. The van der Waals surface area contributed by atoms with Gasteiger partial charge in [0, 0.05) is 42.2 Å². The van der Waals surface area contributed by atoms with Crippen LogP contribution in [0.4, 0.5) is 11.4 Å². The van der Waals surface area contributed by atoms with Gasteiger partial charge in [-0.15, -0.1) is 0 Å². The number of nitrogens with one attached hydrogen (secondary N) is 3. The van der Waals surface area contributed by atoms with Crippen molar-refractivity contribution in [3.8, 4) is 0 Å². The van der Waals surface area contributed by atoms with Gasteiger partial charge in [0.1, 0.15) is 5.69 Å². The second kappa shape index (κ2) is 9.07. The molecule has 2 heterocycles. The standard InChI is InChI=1S/C24H25N5O3/c1-28(2)12-5-8-22(30)26-18-6-3-4-7-19(18)27-23(31)17-10-9-16-14-21-24(32)25-11-13-29(21)20(16)15-17/h3-10,14-15H,11-13H2,1-2H3,(H,25,32)(H,26,30)(H,27,31). The molecule has 0 saturated heterocycles. The molecule has 0 saturated carbocycles. The Labute approximate surface area is 185 Å². The van der Waals surface area contributed by atoms with E-state index in [2.05, 4.69) is 16.0 Å². The molecular weight excluding hydrogens is 406 g/mol. The molecular formula is C24H25N5O3. The number of aromatic nitrogens is 1. The van der Waals surface area contributed by atoms with Gasteiger partial charge in [-0.2, -0.15) is 0 Å². The van der Waals surface area contributed by atoms with E-state index in [1.165, 1.54) is 6.08 Å². The molecule has 0 unspecified atom stereocenters. The van der Waals surface area contributed by atoms with Gasteiger partial charge in [0.2, 0.25) is 5.91 Å². The molecule has 0 bridgehead atoms. The summed E-state index contributed by atoms with van der Waals surface area (Å²) in [6.07, 6.45) is 3.24. The van der Waals surface area contributed by atoms with Crippen LogP contribution in [0.15, 0.2) is 60.7 Å². The Morgan fingerprint density at radius 3 is 2.59 bits per heavy atom. The maximum Gasteiger partial charge on any atom is 0.268 e. The minimum Gasteiger partial charge on any atom is -0.349 e. The van der Waals surface area contributed by atoms with Crippen LogP contribution in [0.5, 0.6) is 0 Å². The van der Waals surface area contributed by atoms with Gasteiger partial charge in [-0.1, -0.05) is 24.3 Å². The lowest BCUT2D eigenvalue weighted by atomic mass is 10.1. The molecule has 1 aliphatic heterocycles. The lowest BCUT2D eigenvalue weighted by molar-refractivity contribution is -0.111. The van der Waals surface area contributed by atoms with Gasteiger partial charge >= 0.3 is 0 Å². The van der Waals surface area contributed by atoms with Crippen molar-refractivity contribution < 1.29 is 14.4 Å². The number of likely N-dealkylation sites (N-methyl/N-ethyl adjacent to an activating group) is 1. The number of rotatable bonds is 6. The third-order valence-corrected chi connectivity index (χ3v) is 5.19. The average Bonchev–Trinajstić information content (AvgIpc) is 3.14. The van der Waals surface area contributed by atoms with E-state index >= 15 is 0 Å². The highest BCUT2D eigenvalue weighted by Crippen LogP contribution is 2.25. The van der Waals surface area contributed by atoms with E-state index in [1.807, 2.05) is 35.7 Å². The molecule has 0 atom stereocenters. The van der Waals surface area contributed by atoms with Crippen LogP contribution in [0, 0.1) is 0 Å². The van der Waals surface area contributed by atoms with E-state index in [1.54, 1.807) is 42.5 Å². The number of nitrogens with zero attached hydrogens (tertiary/aromatic N) is 2. The molecule has 0 fully saturated rings. The fourth-order valence-electron chi connectivity index (χ4n) is 3.64. The molecule has 1 aromatic heterocycles. The van der Waals surface area contributed by atoms with Crippen molar-refractivity contribution in [1.82, 2.24) is 14.8 Å². The number of hydrogen-bond donors (Lipinski definition) is 3. The van der Waals surface area contributed by atoms with Crippen LogP contribution >= 0.6 is 0 Å². The smallest absolute Gasteiger partial charge is 0.268 e. The maximum absolute atomic E-state index is 13.0. The third-order valence-electron chi connectivity index (χ3n) is 5.19. The monoisotopic (exact) mass is 431 g/mol. The molecule has 8 heteroatoms. The molecule has 0 spiro atoms. The van der Waals surface area contributed by atoms with Crippen LogP contribution in [0.25, 0.3) is 10.9 Å². The van der Waals surface area contributed by atoms with Crippen LogP contribution in [0.3, 0.4) is 0 Å². The van der Waals surface area contributed by atoms with Crippen molar-refractivity contribution in [2.24, 2.45) is 0 Å². The van der Waals surface area contributed by atoms with Gasteiger partial charge in [0.05, 0.1) is 11.4 Å². The van der Waals surface area contributed by atoms with Gasteiger partial charge < -0.3 is 25.4 Å². The normalized spacial score (nSPS) is 13.3. The second-order valence-electron chi connectivity index (χ2n) is 7.86. The summed E-state index contributed by atoms with van der Waals surface area (Å²) in [6, 6.07) is 14.2. The van der Waals surface area contributed by atoms with E-state index in [-0.39, 0.29) is 17.7 Å². The van der Waals surface area contributed by atoms with Crippen LogP contribution < -0.4 is 16.0 Å². The number of benzene rings is 2. The van der Waals surface area contributed by atoms with Crippen molar-refractivity contribution in [2.75, 3.05) is 37.8 Å². The first kappa shape index (κ1) is 21.3. The Balaban J connectivity index is 1.53. The number of hydrogen-bond acceptors (Lipinski definition) is 4. The van der Waals surface area contributed by atoms with Crippen LogP contribution in [-0.4, -0.2) is 54.4 Å². The van der Waals surface area contributed by atoms with Crippen LogP contribution in [0.1, 0.15) is 20.8 Å². The second-order valence-corrected chi connectivity index (χ2v) is 7.86. The average molecular weight is 431 g/mol. The Morgan fingerprint density at radius 1 is 1.09 bits per heavy atom. The molecule has 1 aliphatic rings. The summed E-state index contributed by atoms with van der Waals surface area (Å²) < 4.78 is 1.93. The van der Waals surface area contributed by atoms with E-state index in [9.17, 15) is 14.4 Å². The summed E-state index contributed by atoms with van der Waals surface area (Å²) in [7, 11) is 3.84. The number of amides is 3. The van der Waals surface area contributed by atoms with E-state index in [4.69, 9.17) is 0 Å². The van der Waals surface area contributed by atoms with Crippen LogP contribution in [0.2, 0.25) is 0 Å². The molecule has 32 heavy (non-hydrogen) atoms. The zero-order chi connectivity index (χ0) is 22.7. The lowest BCUT2D eigenvalue weighted by Gasteiger charge is -2.16. The van der Waals surface area contributed by atoms with E-state index < -0.39 is 0 Å². The Kier molecular flexibility index (Phi) is 6.04. The first-order valence-electron chi connectivity index (χ1n) is 10.4. The summed E-state index contributed by atoms with van der Waals surface area (Å²) >= 11 is 0.